The molecule has 0 aliphatic rings. The van der Waals surface area contributed by atoms with Crippen molar-refractivity contribution in [3.05, 3.63) is 27.6 Å². The molecule has 0 spiro atoms. The molecule has 0 atom stereocenters. The molecule has 1 heterocycles. The van der Waals surface area contributed by atoms with Gasteiger partial charge in [-0.25, -0.2) is 4.98 Å². The fraction of sp³-hybridized carbons (Fsp3) is 0. The Labute approximate surface area is 72.5 Å². The van der Waals surface area contributed by atoms with Crippen molar-refractivity contribution in [2.45, 2.75) is 0 Å². The predicted molar refractivity (Wildman–Crippen MR) is 41.9 cm³/mol. The molecule has 0 saturated carbocycles. The molecule has 0 fully saturated rings. The minimum atomic E-state index is -0.369. The maximum Gasteiger partial charge on any atom is 0.155 e. The first kappa shape index (κ1) is 8.55. The zero-order valence-electron chi connectivity index (χ0n) is 5.16. The number of hydrogen-bond acceptors (Lipinski definition) is 4. The van der Waals surface area contributed by atoms with E-state index in [2.05, 4.69) is 4.98 Å². The Morgan fingerprint density at radius 3 is 2.55 bits per heavy atom. The van der Waals surface area contributed by atoms with Gasteiger partial charge in [0, 0.05) is 0 Å². The second-order valence-corrected chi connectivity index (χ2v) is 2.46. The van der Waals surface area contributed by atoms with Crippen molar-refractivity contribution in [1.82, 2.24) is 4.98 Å². The summed E-state index contributed by atoms with van der Waals surface area (Å²) >= 11 is 10.9. The third-order valence-electron chi connectivity index (χ3n) is 1.00. The van der Waals surface area contributed by atoms with Gasteiger partial charge in [0.05, 0.1) is 5.69 Å². The maximum absolute atomic E-state index is 10.3. The number of halogens is 2. The molecule has 1 N–H and O–H groups in total. The van der Waals surface area contributed by atoms with Crippen LogP contribution in [-0.4, -0.2) is 10.2 Å². The van der Waals surface area contributed by atoms with Gasteiger partial charge in [0.25, 0.3) is 0 Å². The molecule has 11 heavy (non-hydrogen) atoms. The lowest BCUT2D eigenvalue weighted by molar-refractivity contribution is 0.296. The molecule has 0 aliphatic carbocycles. The molecule has 0 amide bonds. The molecule has 1 aromatic rings. The summed E-state index contributed by atoms with van der Waals surface area (Å²) in [6, 6.07) is 2.62. The fourth-order valence-electron chi connectivity index (χ4n) is 0.547. The molecular formula is C5H3Cl2N2O2-. The second-order valence-electron chi connectivity index (χ2n) is 1.72. The largest absolute Gasteiger partial charge is 0.733 e. The first-order valence-corrected chi connectivity index (χ1v) is 3.35. The van der Waals surface area contributed by atoms with Crippen LogP contribution in [-0.2, 0) is 0 Å². The maximum atomic E-state index is 10.3. The van der Waals surface area contributed by atoms with Gasteiger partial charge in [-0.1, -0.05) is 23.2 Å². The number of anilines is 1. The van der Waals surface area contributed by atoms with Crippen molar-refractivity contribution in [2.24, 2.45) is 0 Å². The highest BCUT2D eigenvalue weighted by atomic mass is 35.5. The van der Waals surface area contributed by atoms with E-state index in [-0.39, 0.29) is 21.2 Å². The van der Waals surface area contributed by atoms with Crippen molar-refractivity contribution in [2.75, 3.05) is 5.23 Å². The van der Waals surface area contributed by atoms with Crippen molar-refractivity contribution in [1.29, 1.82) is 0 Å². The van der Waals surface area contributed by atoms with E-state index < -0.39 is 0 Å². The monoisotopic (exact) mass is 193 g/mol. The highest BCUT2D eigenvalue weighted by molar-refractivity contribution is 6.34. The van der Waals surface area contributed by atoms with Crippen LogP contribution < -0.4 is 5.23 Å². The average Bonchev–Trinajstić information content (AvgIpc) is 1.85. The number of rotatable bonds is 1. The van der Waals surface area contributed by atoms with Gasteiger partial charge in [-0.2, -0.15) is 0 Å². The molecule has 60 valence electrons. The SMILES string of the molecule is [O-]N(O)c1ccc(Cl)nc1Cl. The van der Waals surface area contributed by atoms with Gasteiger partial charge in [-0.15, -0.1) is 0 Å². The van der Waals surface area contributed by atoms with Crippen LogP contribution in [0.15, 0.2) is 12.1 Å². The zero-order valence-corrected chi connectivity index (χ0v) is 6.67. The molecule has 0 unspecified atom stereocenters. The van der Waals surface area contributed by atoms with Gasteiger partial charge < -0.3 is 10.4 Å². The predicted octanol–water partition coefficient (Wildman–Crippen LogP) is 2.08. The van der Waals surface area contributed by atoms with E-state index in [1.54, 1.807) is 0 Å². The molecule has 0 saturated heterocycles. The van der Waals surface area contributed by atoms with Gasteiger partial charge in [-0.05, 0) is 12.1 Å². The highest BCUT2D eigenvalue weighted by Gasteiger charge is 2.01. The Morgan fingerprint density at radius 1 is 1.45 bits per heavy atom. The number of nitrogens with zero attached hydrogens (tertiary/aromatic N) is 2. The highest BCUT2D eigenvalue weighted by Crippen LogP contribution is 2.23. The zero-order chi connectivity index (χ0) is 8.43. The van der Waals surface area contributed by atoms with E-state index in [0.717, 1.165) is 0 Å². The second kappa shape index (κ2) is 3.23. The lowest BCUT2D eigenvalue weighted by Gasteiger charge is -2.21. The van der Waals surface area contributed by atoms with Gasteiger partial charge in [-0.3, -0.25) is 5.21 Å². The summed E-state index contributed by atoms with van der Waals surface area (Å²) in [6.07, 6.45) is 0. The molecule has 1 rings (SSSR count). The standard InChI is InChI=1S/C5H3Cl2N2O2/c6-4-2-1-3(9(10)11)5(7)8-4/h1-2,10H/q-1. The molecule has 1 aromatic heterocycles. The van der Waals surface area contributed by atoms with Crippen LogP contribution in [0.4, 0.5) is 5.69 Å². The minimum Gasteiger partial charge on any atom is -0.733 e. The molecule has 0 aromatic carbocycles. The Morgan fingerprint density at radius 2 is 2.09 bits per heavy atom. The van der Waals surface area contributed by atoms with E-state index in [0.29, 0.717) is 0 Å². The number of hydrogen-bond donors (Lipinski definition) is 1. The van der Waals surface area contributed by atoms with Crippen LogP contribution in [0.25, 0.3) is 0 Å². The fourth-order valence-corrected chi connectivity index (χ4v) is 0.965. The van der Waals surface area contributed by atoms with Crippen molar-refractivity contribution < 1.29 is 5.21 Å². The number of pyridine rings is 1. The summed E-state index contributed by atoms with van der Waals surface area (Å²) in [5.74, 6) is 0. The molecule has 4 nitrogen and oxygen atoms in total. The first-order chi connectivity index (χ1) is 5.11. The van der Waals surface area contributed by atoms with Crippen LogP contribution >= 0.6 is 23.2 Å². The van der Waals surface area contributed by atoms with Crippen LogP contribution in [0.3, 0.4) is 0 Å². The third-order valence-corrected chi connectivity index (χ3v) is 1.49. The van der Waals surface area contributed by atoms with Crippen molar-refractivity contribution in [3.8, 4) is 0 Å². The Hall–Kier alpha value is -0.550. The van der Waals surface area contributed by atoms with E-state index in [1.165, 1.54) is 12.1 Å². The summed E-state index contributed by atoms with van der Waals surface area (Å²) in [5, 5.41) is 18.4. The van der Waals surface area contributed by atoms with Crippen LogP contribution in [0.2, 0.25) is 10.3 Å². The topological polar surface area (TPSA) is 59.4 Å². The van der Waals surface area contributed by atoms with E-state index in [4.69, 9.17) is 28.4 Å². The summed E-state index contributed by atoms with van der Waals surface area (Å²) in [6.45, 7) is 0. The Bertz CT molecular complexity index is 267. The minimum absolute atomic E-state index is 0.129. The first-order valence-electron chi connectivity index (χ1n) is 2.59. The smallest absolute Gasteiger partial charge is 0.155 e. The van der Waals surface area contributed by atoms with Gasteiger partial charge in [0.15, 0.2) is 5.15 Å². The summed E-state index contributed by atoms with van der Waals surface area (Å²) in [4.78, 5) is 3.52. The molecule has 0 aliphatic heterocycles. The van der Waals surface area contributed by atoms with Crippen LogP contribution in [0, 0.1) is 5.21 Å². The summed E-state index contributed by atoms with van der Waals surface area (Å²) in [5.41, 5.74) is -0.129. The van der Waals surface area contributed by atoms with Gasteiger partial charge >= 0.3 is 0 Å². The quantitative estimate of drug-likeness (QED) is 0.549. The van der Waals surface area contributed by atoms with Gasteiger partial charge in [0.2, 0.25) is 0 Å². The summed E-state index contributed by atoms with van der Waals surface area (Å²) in [7, 11) is 0. The molecule has 6 heteroatoms. The van der Waals surface area contributed by atoms with Crippen LogP contribution in [0.1, 0.15) is 0 Å². The molecular weight excluding hydrogens is 191 g/mol. The Balaban J connectivity index is 3.09. The average molecular weight is 194 g/mol. The number of aromatic nitrogens is 1. The lowest BCUT2D eigenvalue weighted by Crippen LogP contribution is -2.07. The summed E-state index contributed by atoms with van der Waals surface area (Å²) < 4.78 is 0. The van der Waals surface area contributed by atoms with Gasteiger partial charge in [0.1, 0.15) is 5.15 Å². The molecule has 0 radical (unpaired) electrons. The third kappa shape index (κ3) is 1.94. The normalized spacial score (nSPS) is 9.82. The van der Waals surface area contributed by atoms with Crippen molar-refractivity contribution in [3.63, 3.8) is 0 Å². The molecule has 0 bridgehead atoms. The van der Waals surface area contributed by atoms with E-state index in [9.17, 15) is 5.21 Å². The lowest BCUT2D eigenvalue weighted by atomic mass is 10.4. The van der Waals surface area contributed by atoms with E-state index in [1.807, 2.05) is 0 Å². The van der Waals surface area contributed by atoms with Crippen LogP contribution in [0.5, 0.6) is 0 Å². The van der Waals surface area contributed by atoms with E-state index >= 15 is 0 Å². The Kier molecular flexibility index (Phi) is 2.51. The van der Waals surface area contributed by atoms with Crippen molar-refractivity contribution >= 4 is 28.9 Å².